The molecule has 1 aliphatic carbocycles. The minimum Gasteiger partial charge on any atom is -0.351 e. The summed E-state index contributed by atoms with van der Waals surface area (Å²) in [5.41, 5.74) is 2.88. The quantitative estimate of drug-likeness (QED) is 0.447. The number of hydrogen-bond acceptors (Lipinski definition) is 5. The lowest BCUT2D eigenvalue weighted by Crippen LogP contribution is -2.29. The number of anilines is 2. The number of hydroxylamine groups is 1. The van der Waals surface area contributed by atoms with Crippen LogP contribution in [0, 0.1) is 11.7 Å². The molecule has 0 saturated heterocycles. The van der Waals surface area contributed by atoms with E-state index in [1.807, 2.05) is 30.3 Å². The van der Waals surface area contributed by atoms with Crippen molar-refractivity contribution in [1.29, 1.82) is 0 Å². The first kappa shape index (κ1) is 20.2. The molecule has 0 aliphatic heterocycles. The fraction of sp³-hybridized carbons (Fsp3) is 0.190. The summed E-state index contributed by atoms with van der Waals surface area (Å²) in [6, 6.07) is 15.1. The first-order chi connectivity index (χ1) is 14.5. The Labute approximate surface area is 179 Å². The largest absolute Gasteiger partial charge is 0.351 e. The predicted molar refractivity (Wildman–Crippen MR) is 113 cm³/mol. The standard InChI is InChI=1S/C21H18BrFN4O3/c22-14-8-9-16(15(23)10-14)24-17-11-18(28)25-26-19(17)21(29)27-30-20(13-6-7-13)12-4-2-1-3-5-12/h1-5,8-11,13,20H,6-7H2,(H,27,29)(H2,24,25,28). The summed E-state index contributed by atoms with van der Waals surface area (Å²) in [6.45, 7) is 0. The van der Waals surface area contributed by atoms with Gasteiger partial charge in [-0.25, -0.2) is 15.0 Å². The summed E-state index contributed by atoms with van der Waals surface area (Å²) >= 11 is 3.19. The average Bonchev–Trinajstić information content (AvgIpc) is 3.56. The van der Waals surface area contributed by atoms with Crippen LogP contribution < -0.4 is 16.4 Å². The Bertz CT molecular complexity index is 1120. The second-order valence-electron chi connectivity index (χ2n) is 6.96. The lowest BCUT2D eigenvalue weighted by atomic mass is 10.1. The van der Waals surface area contributed by atoms with E-state index in [2.05, 4.69) is 36.9 Å². The van der Waals surface area contributed by atoms with E-state index in [-0.39, 0.29) is 23.2 Å². The molecule has 0 bridgehead atoms. The molecule has 9 heteroatoms. The molecule has 1 fully saturated rings. The summed E-state index contributed by atoms with van der Waals surface area (Å²) in [4.78, 5) is 30.1. The van der Waals surface area contributed by atoms with E-state index in [0.717, 1.165) is 24.5 Å². The molecule has 1 aromatic heterocycles. The lowest BCUT2D eigenvalue weighted by Gasteiger charge is -2.18. The van der Waals surface area contributed by atoms with Gasteiger partial charge in [0.2, 0.25) is 0 Å². The van der Waals surface area contributed by atoms with Crippen LogP contribution in [0.15, 0.2) is 63.9 Å². The van der Waals surface area contributed by atoms with Crippen LogP contribution in [0.3, 0.4) is 0 Å². The van der Waals surface area contributed by atoms with Crippen molar-refractivity contribution in [3.05, 3.63) is 86.5 Å². The number of nitrogens with one attached hydrogen (secondary N) is 3. The maximum absolute atomic E-state index is 14.2. The van der Waals surface area contributed by atoms with Crippen molar-refractivity contribution in [2.24, 2.45) is 5.92 Å². The highest BCUT2D eigenvalue weighted by atomic mass is 79.9. The van der Waals surface area contributed by atoms with E-state index in [1.165, 1.54) is 12.1 Å². The molecule has 154 valence electrons. The van der Waals surface area contributed by atoms with E-state index >= 15 is 0 Å². The number of aromatic nitrogens is 2. The van der Waals surface area contributed by atoms with Crippen molar-refractivity contribution in [3.8, 4) is 0 Å². The molecule has 1 atom stereocenters. The van der Waals surface area contributed by atoms with Crippen molar-refractivity contribution in [2.75, 3.05) is 5.32 Å². The van der Waals surface area contributed by atoms with Crippen LogP contribution in [0.4, 0.5) is 15.8 Å². The molecule has 1 saturated carbocycles. The second-order valence-corrected chi connectivity index (χ2v) is 7.88. The Morgan fingerprint density at radius 3 is 2.63 bits per heavy atom. The van der Waals surface area contributed by atoms with Gasteiger partial charge in [-0.15, -0.1) is 0 Å². The van der Waals surface area contributed by atoms with Gasteiger partial charge in [0.05, 0.1) is 11.4 Å². The molecule has 7 nitrogen and oxygen atoms in total. The summed E-state index contributed by atoms with van der Waals surface area (Å²) in [5.74, 6) is -0.885. The number of benzene rings is 2. The predicted octanol–water partition coefficient (Wildman–Crippen LogP) is 4.23. The number of H-pyrrole nitrogens is 1. The monoisotopic (exact) mass is 472 g/mol. The van der Waals surface area contributed by atoms with Gasteiger partial charge >= 0.3 is 0 Å². The number of carbonyl (C=O) groups is 1. The smallest absolute Gasteiger partial charge is 0.297 e. The molecule has 1 amide bonds. The Hall–Kier alpha value is -3.04. The molecule has 1 aliphatic rings. The molecular weight excluding hydrogens is 455 g/mol. The Morgan fingerprint density at radius 2 is 1.93 bits per heavy atom. The number of amides is 1. The van der Waals surface area contributed by atoms with Gasteiger partial charge < -0.3 is 5.32 Å². The minimum atomic E-state index is -0.659. The number of rotatable bonds is 7. The summed E-state index contributed by atoms with van der Waals surface area (Å²) in [6.07, 6.45) is 1.75. The zero-order valence-corrected chi connectivity index (χ0v) is 17.3. The van der Waals surface area contributed by atoms with Gasteiger partial charge in [0.15, 0.2) is 5.69 Å². The zero-order chi connectivity index (χ0) is 21.1. The van der Waals surface area contributed by atoms with Gasteiger partial charge in [-0.1, -0.05) is 46.3 Å². The van der Waals surface area contributed by atoms with E-state index in [1.54, 1.807) is 6.07 Å². The van der Waals surface area contributed by atoms with Gasteiger partial charge in [-0.3, -0.25) is 14.4 Å². The first-order valence-corrected chi connectivity index (χ1v) is 10.1. The highest BCUT2D eigenvalue weighted by Gasteiger charge is 2.34. The maximum atomic E-state index is 14.2. The second kappa shape index (κ2) is 8.76. The topological polar surface area (TPSA) is 96.1 Å². The van der Waals surface area contributed by atoms with Crippen LogP contribution in [0.5, 0.6) is 0 Å². The molecule has 1 heterocycles. The number of nitrogens with zero attached hydrogens (tertiary/aromatic N) is 1. The van der Waals surface area contributed by atoms with Gasteiger partial charge in [0.25, 0.3) is 11.5 Å². The average molecular weight is 473 g/mol. The summed E-state index contributed by atoms with van der Waals surface area (Å²) < 4.78 is 14.7. The van der Waals surface area contributed by atoms with Crippen LogP contribution in [-0.4, -0.2) is 16.1 Å². The van der Waals surface area contributed by atoms with E-state index in [9.17, 15) is 14.0 Å². The van der Waals surface area contributed by atoms with Crippen LogP contribution in [0.1, 0.15) is 35.0 Å². The van der Waals surface area contributed by atoms with E-state index in [0.29, 0.717) is 10.4 Å². The van der Waals surface area contributed by atoms with E-state index < -0.39 is 17.3 Å². The summed E-state index contributed by atoms with van der Waals surface area (Å²) in [5, 5.41) is 8.78. The van der Waals surface area contributed by atoms with E-state index in [4.69, 9.17) is 4.84 Å². The maximum Gasteiger partial charge on any atom is 0.297 e. The number of carbonyl (C=O) groups excluding carboxylic acids is 1. The lowest BCUT2D eigenvalue weighted by molar-refractivity contribution is -0.0280. The highest BCUT2D eigenvalue weighted by molar-refractivity contribution is 9.10. The molecule has 30 heavy (non-hydrogen) atoms. The van der Waals surface area contributed by atoms with Gasteiger partial charge in [-0.2, -0.15) is 5.10 Å². The van der Waals surface area contributed by atoms with Crippen molar-refractivity contribution in [1.82, 2.24) is 15.7 Å². The van der Waals surface area contributed by atoms with Crippen LogP contribution in [0.2, 0.25) is 0 Å². The number of hydrogen-bond donors (Lipinski definition) is 3. The SMILES string of the molecule is O=C(NOC(c1ccccc1)C1CC1)c1n[nH]c(=O)cc1Nc1ccc(Br)cc1F. The van der Waals surface area contributed by atoms with Crippen molar-refractivity contribution < 1.29 is 14.0 Å². The molecule has 1 unspecified atom stereocenters. The molecule has 3 aromatic rings. The van der Waals surface area contributed by atoms with Crippen molar-refractivity contribution >= 4 is 33.2 Å². The third-order valence-electron chi connectivity index (χ3n) is 4.68. The van der Waals surface area contributed by atoms with Gasteiger partial charge in [0, 0.05) is 10.5 Å². The molecule has 0 spiro atoms. The Kier molecular flexibility index (Phi) is 5.91. The van der Waals surface area contributed by atoms with Crippen molar-refractivity contribution in [2.45, 2.75) is 18.9 Å². The number of halogens is 2. The molecule has 2 aromatic carbocycles. The van der Waals surface area contributed by atoms with Crippen LogP contribution in [0.25, 0.3) is 0 Å². The fourth-order valence-electron chi connectivity index (χ4n) is 3.05. The normalized spacial score (nSPS) is 14.2. The van der Waals surface area contributed by atoms with Gasteiger partial charge in [-0.05, 0) is 42.5 Å². The molecule has 3 N–H and O–H groups in total. The molecule has 0 radical (unpaired) electrons. The van der Waals surface area contributed by atoms with Gasteiger partial charge in [0.1, 0.15) is 11.9 Å². The summed E-state index contributed by atoms with van der Waals surface area (Å²) in [7, 11) is 0. The van der Waals surface area contributed by atoms with Crippen LogP contribution in [-0.2, 0) is 4.84 Å². The van der Waals surface area contributed by atoms with Crippen LogP contribution >= 0.6 is 15.9 Å². The number of aromatic amines is 1. The Balaban J connectivity index is 1.53. The third kappa shape index (κ3) is 4.74. The molecule has 4 rings (SSSR count). The zero-order valence-electron chi connectivity index (χ0n) is 15.7. The third-order valence-corrected chi connectivity index (χ3v) is 5.17. The highest BCUT2D eigenvalue weighted by Crippen LogP contribution is 2.42. The molecular formula is C21H18BrFN4O3. The minimum absolute atomic E-state index is 0.0590. The van der Waals surface area contributed by atoms with Crippen molar-refractivity contribution in [3.63, 3.8) is 0 Å². The first-order valence-electron chi connectivity index (χ1n) is 9.34. The Morgan fingerprint density at radius 1 is 1.17 bits per heavy atom. The fourth-order valence-corrected chi connectivity index (χ4v) is 3.38.